The molecule has 6 nitrogen and oxygen atoms in total. The van der Waals surface area contributed by atoms with E-state index in [9.17, 15) is 9.59 Å². The van der Waals surface area contributed by atoms with Crippen molar-refractivity contribution in [1.29, 1.82) is 0 Å². The van der Waals surface area contributed by atoms with Gasteiger partial charge in [0.2, 0.25) is 0 Å². The van der Waals surface area contributed by atoms with E-state index in [1.807, 2.05) is 33.8 Å². The predicted octanol–water partition coefficient (Wildman–Crippen LogP) is 5.45. The first-order valence-corrected chi connectivity index (χ1v) is 9.60. The molecule has 0 spiro atoms. The first kappa shape index (κ1) is 22.8. The van der Waals surface area contributed by atoms with Crippen LogP contribution in [0.1, 0.15) is 65.5 Å². The molecule has 0 bridgehead atoms. The van der Waals surface area contributed by atoms with Crippen LogP contribution in [0.2, 0.25) is 0 Å². The van der Waals surface area contributed by atoms with Crippen molar-refractivity contribution in [1.82, 2.24) is 4.90 Å². The minimum Gasteiger partial charge on any atom is -0.434 e. The molecule has 0 N–H and O–H groups in total. The third kappa shape index (κ3) is 6.77. The number of benzene rings is 1. The largest absolute Gasteiger partial charge is 0.513 e. The molecule has 0 aliphatic rings. The van der Waals surface area contributed by atoms with Gasteiger partial charge in [-0.25, -0.2) is 9.59 Å². The fourth-order valence-electron chi connectivity index (χ4n) is 2.43. The highest BCUT2D eigenvalue weighted by atomic mass is 16.7. The van der Waals surface area contributed by atoms with Crippen LogP contribution in [-0.2, 0) is 10.2 Å². The molecule has 0 unspecified atom stereocenters. The monoisotopic (exact) mass is 379 g/mol. The second-order valence-electron chi connectivity index (χ2n) is 7.46. The molecule has 0 aliphatic carbocycles. The van der Waals surface area contributed by atoms with E-state index >= 15 is 0 Å². The van der Waals surface area contributed by atoms with Gasteiger partial charge in [0.25, 0.3) is 0 Å². The normalized spacial score (nSPS) is 11.1. The Hall–Kier alpha value is -2.24. The van der Waals surface area contributed by atoms with Crippen molar-refractivity contribution >= 4 is 12.2 Å². The van der Waals surface area contributed by atoms with Crippen LogP contribution in [0.3, 0.4) is 0 Å². The van der Waals surface area contributed by atoms with E-state index in [-0.39, 0.29) is 16.9 Å². The Bertz CT molecular complexity index is 645. The minimum absolute atomic E-state index is 0.156. The summed E-state index contributed by atoms with van der Waals surface area (Å²) in [5.41, 5.74) is 1.54. The van der Waals surface area contributed by atoms with E-state index in [1.165, 1.54) is 0 Å². The molecule has 27 heavy (non-hydrogen) atoms. The van der Waals surface area contributed by atoms with Gasteiger partial charge in [0.15, 0.2) is 11.5 Å². The molecule has 1 rings (SSSR count). The molecule has 1 amide bonds. The molecule has 6 heteroatoms. The number of unbranched alkanes of at least 4 members (excludes halogenated alkanes) is 1. The van der Waals surface area contributed by atoms with Gasteiger partial charge < -0.3 is 19.1 Å². The van der Waals surface area contributed by atoms with E-state index in [4.69, 9.17) is 14.2 Å². The van der Waals surface area contributed by atoms with Crippen molar-refractivity contribution in [3.05, 3.63) is 23.3 Å². The van der Waals surface area contributed by atoms with Crippen molar-refractivity contribution < 1.29 is 23.8 Å². The van der Waals surface area contributed by atoms with Crippen LogP contribution in [0.4, 0.5) is 9.59 Å². The van der Waals surface area contributed by atoms with Gasteiger partial charge in [-0.05, 0) is 49.8 Å². The molecule has 0 radical (unpaired) electrons. The minimum atomic E-state index is -0.797. The van der Waals surface area contributed by atoms with Crippen LogP contribution in [-0.4, -0.2) is 36.8 Å². The van der Waals surface area contributed by atoms with E-state index < -0.39 is 12.2 Å². The zero-order valence-electron chi connectivity index (χ0n) is 17.7. The molecule has 152 valence electrons. The van der Waals surface area contributed by atoms with E-state index in [1.54, 1.807) is 11.0 Å². The van der Waals surface area contributed by atoms with E-state index in [0.29, 0.717) is 19.7 Å². The predicted molar refractivity (Wildman–Crippen MR) is 106 cm³/mol. The first-order chi connectivity index (χ1) is 12.6. The Morgan fingerprint density at radius 1 is 1.04 bits per heavy atom. The Balaban J connectivity index is 3.19. The number of ether oxygens (including phenoxy) is 3. The third-order valence-corrected chi connectivity index (χ3v) is 4.23. The van der Waals surface area contributed by atoms with E-state index in [0.717, 1.165) is 24.0 Å². The number of carbonyl (C=O) groups is 2. The van der Waals surface area contributed by atoms with Crippen molar-refractivity contribution in [2.45, 2.75) is 66.7 Å². The maximum atomic E-state index is 12.4. The maximum Gasteiger partial charge on any atom is 0.513 e. The lowest BCUT2D eigenvalue weighted by molar-refractivity contribution is 0.0958. The van der Waals surface area contributed by atoms with Crippen molar-refractivity contribution in [3.63, 3.8) is 0 Å². The second-order valence-corrected chi connectivity index (χ2v) is 7.46. The lowest BCUT2D eigenvalue weighted by Gasteiger charge is -2.24. The molecule has 0 atom stereocenters. The summed E-state index contributed by atoms with van der Waals surface area (Å²) in [6, 6.07) is 3.68. The summed E-state index contributed by atoms with van der Waals surface area (Å²) >= 11 is 0. The van der Waals surface area contributed by atoms with Gasteiger partial charge in [-0.2, -0.15) is 0 Å². The molecule has 0 fully saturated rings. The number of hydrogen-bond acceptors (Lipinski definition) is 5. The van der Waals surface area contributed by atoms with Gasteiger partial charge in [-0.15, -0.1) is 0 Å². The SMILES string of the molecule is CCCCOC(=O)Oc1cc(C(C)(C)C)cc(C)c1OC(=O)N(CC)CC. The van der Waals surface area contributed by atoms with Gasteiger partial charge in [0.05, 0.1) is 6.61 Å². The highest BCUT2D eigenvalue weighted by Gasteiger charge is 2.24. The van der Waals surface area contributed by atoms with Crippen LogP contribution < -0.4 is 9.47 Å². The number of rotatable bonds is 7. The van der Waals surface area contributed by atoms with Crippen molar-refractivity contribution in [3.8, 4) is 11.5 Å². The molecular weight excluding hydrogens is 346 g/mol. The van der Waals surface area contributed by atoms with Gasteiger partial charge >= 0.3 is 12.2 Å². The molecule has 1 aromatic carbocycles. The van der Waals surface area contributed by atoms with Gasteiger partial charge in [-0.3, -0.25) is 0 Å². The summed E-state index contributed by atoms with van der Waals surface area (Å²) in [5, 5.41) is 0. The van der Waals surface area contributed by atoms with E-state index in [2.05, 4.69) is 20.8 Å². The Labute approximate surface area is 162 Å². The summed E-state index contributed by atoms with van der Waals surface area (Å²) in [5.74, 6) is 0.439. The lowest BCUT2D eigenvalue weighted by Crippen LogP contribution is -2.33. The summed E-state index contributed by atoms with van der Waals surface area (Å²) in [6.07, 6.45) is 0.406. The second kappa shape index (κ2) is 10.2. The first-order valence-electron chi connectivity index (χ1n) is 9.60. The number of aryl methyl sites for hydroxylation is 1. The molecular formula is C21H33NO5. The van der Waals surface area contributed by atoms with Gasteiger partial charge in [0.1, 0.15) is 0 Å². The van der Waals surface area contributed by atoms with Crippen LogP contribution >= 0.6 is 0 Å². The lowest BCUT2D eigenvalue weighted by atomic mass is 9.86. The topological polar surface area (TPSA) is 65.1 Å². The Morgan fingerprint density at radius 2 is 1.67 bits per heavy atom. The highest BCUT2D eigenvalue weighted by Crippen LogP contribution is 2.37. The van der Waals surface area contributed by atoms with Crippen LogP contribution in [0.25, 0.3) is 0 Å². The molecule has 0 saturated carbocycles. The maximum absolute atomic E-state index is 12.4. The Morgan fingerprint density at radius 3 is 2.19 bits per heavy atom. The third-order valence-electron chi connectivity index (χ3n) is 4.23. The fourth-order valence-corrected chi connectivity index (χ4v) is 2.43. The van der Waals surface area contributed by atoms with Crippen molar-refractivity contribution in [2.75, 3.05) is 19.7 Å². The summed E-state index contributed by atoms with van der Waals surface area (Å²) < 4.78 is 16.1. The van der Waals surface area contributed by atoms with Crippen LogP contribution in [0, 0.1) is 6.92 Å². The number of amides is 1. The number of hydrogen-bond donors (Lipinski definition) is 0. The number of nitrogens with zero attached hydrogens (tertiary/aromatic N) is 1. The van der Waals surface area contributed by atoms with Gasteiger partial charge in [-0.1, -0.05) is 40.2 Å². The smallest absolute Gasteiger partial charge is 0.434 e. The van der Waals surface area contributed by atoms with Crippen molar-refractivity contribution in [2.24, 2.45) is 0 Å². The average molecular weight is 379 g/mol. The molecule has 0 aliphatic heterocycles. The zero-order chi connectivity index (χ0) is 20.6. The van der Waals surface area contributed by atoms with Crippen LogP contribution in [0.15, 0.2) is 12.1 Å². The molecule has 0 aromatic heterocycles. The summed E-state index contributed by atoms with van der Waals surface area (Å²) in [7, 11) is 0. The zero-order valence-corrected chi connectivity index (χ0v) is 17.7. The van der Waals surface area contributed by atoms with Gasteiger partial charge in [0, 0.05) is 13.1 Å². The fraction of sp³-hybridized carbons (Fsp3) is 0.619. The summed E-state index contributed by atoms with van der Waals surface area (Å²) in [6.45, 7) is 15.1. The standard InChI is InChI=1S/C21H33NO5/c1-8-11-12-25-20(24)26-17-14-16(21(5,6)7)13-15(4)18(17)27-19(23)22(9-2)10-3/h13-14H,8-12H2,1-7H3. The molecule has 0 heterocycles. The number of carbonyl (C=O) groups excluding carboxylic acids is 2. The van der Waals surface area contributed by atoms with Crippen LogP contribution in [0.5, 0.6) is 11.5 Å². The summed E-state index contributed by atoms with van der Waals surface area (Å²) in [4.78, 5) is 26.0. The average Bonchev–Trinajstić information content (AvgIpc) is 2.58. The molecule has 1 aromatic rings. The Kier molecular flexibility index (Phi) is 8.60. The highest BCUT2D eigenvalue weighted by molar-refractivity contribution is 5.74. The molecule has 0 saturated heterocycles. The quantitative estimate of drug-likeness (QED) is 0.358.